The molecule has 11 aromatic rings. The first kappa shape index (κ1) is 40.3. The van der Waals surface area contributed by atoms with Crippen LogP contribution in [-0.4, -0.2) is 29.9 Å². The van der Waals surface area contributed by atoms with Gasteiger partial charge < -0.3 is 4.74 Å². The predicted octanol–water partition coefficient (Wildman–Crippen LogP) is 14.1. The fraction of sp³-hybridized carbons (Fsp3) is 0.0164. The third-order valence-electron chi connectivity index (χ3n) is 12.4. The summed E-state index contributed by atoms with van der Waals surface area (Å²) >= 11 is 0. The molecule has 3 heterocycles. The van der Waals surface area contributed by atoms with Crippen LogP contribution in [0.15, 0.2) is 243 Å². The van der Waals surface area contributed by atoms with E-state index in [-0.39, 0.29) is 0 Å². The number of benzene rings is 9. The topological polar surface area (TPSA) is 86.6 Å². The molecule has 0 amide bonds. The minimum Gasteiger partial charge on any atom is -0.472 e. The number of ether oxygens (including phenoxy) is 1. The Morgan fingerprint density at radius 2 is 0.559 bits per heavy atom. The fourth-order valence-electron chi connectivity index (χ4n) is 9.07. The van der Waals surface area contributed by atoms with Gasteiger partial charge in [0.25, 0.3) is 0 Å². The van der Waals surface area contributed by atoms with Gasteiger partial charge in [0.15, 0.2) is 40.5 Å². The van der Waals surface area contributed by atoms with Crippen molar-refractivity contribution in [1.82, 2.24) is 29.9 Å². The van der Waals surface area contributed by atoms with Gasteiger partial charge in [-0.25, -0.2) is 29.9 Å². The lowest BCUT2D eigenvalue weighted by atomic mass is 9.74. The molecule has 320 valence electrons. The normalized spacial score (nSPS) is 12.4. The summed E-state index contributed by atoms with van der Waals surface area (Å²) < 4.78 is 7.58. The van der Waals surface area contributed by atoms with Crippen LogP contribution in [0.2, 0.25) is 0 Å². The molecule has 9 aromatic carbocycles. The van der Waals surface area contributed by atoms with E-state index < -0.39 is 5.60 Å². The molecule has 0 bridgehead atoms. The highest BCUT2D eigenvalue weighted by Gasteiger charge is 2.44. The SMILES string of the molecule is c1ccc(-c2nc(-c3ccccc3)nc(-c3ccc(-c4ccc5c(c4)OC(c4ccccc4)(c4ccccc4)c4cc(-c6nc(-c7ccccc7)nc(-c7ccccc7)n6)ccc4-5)cc3)n2)cc1. The maximum Gasteiger partial charge on any atom is 0.185 e. The van der Waals surface area contributed by atoms with Crippen LogP contribution in [0, 0.1) is 0 Å². The highest BCUT2D eigenvalue weighted by atomic mass is 16.5. The molecule has 12 rings (SSSR count). The number of hydrogen-bond donors (Lipinski definition) is 0. The molecular weight excluding hydrogens is 833 g/mol. The molecule has 0 N–H and O–H groups in total. The van der Waals surface area contributed by atoms with Gasteiger partial charge in [-0.05, 0) is 28.8 Å². The lowest BCUT2D eigenvalue weighted by molar-refractivity contribution is 0.152. The van der Waals surface area contributed by atoms with Crippen LogP contribution in [-0.2, 0) is 5.60 Å². The number of fused-ring (bicyclic) bond motifs is 3. The van der Waals surface area contributed by atoms with E-state index in [9.17, 15) is 0 Å². The van der Waals surface area contributed by atoms with Crippen LogP contribution in [0.25, 0.3) is 90.6 Å². The molecule has 0 fully saturated rings. The van der Waals surface area contributed by atoms with E-state index in [1.807, 2.05) is 133 Å². The Labute approximate surface area is 394 Å². The quantitative estimate of drug-likeness (QED) is 0.143. The van der Waals surface area contributed by atoms with Crippen molar-refractivity contribution in [3.05, 3.63) is 259 Å². The van der Waals surface area contributed by atoms with Crippen LogP contribution < -0.4 is 4.74 Å². The lowest BCUT2D eigenvalue weighted by Gasteiger charge is -2.41. The first-order valence-corrected chi connectivity index (χ1v) is 22.6. The zero-order valence-electron chi connectivity index (χ0n) is 36.7. The summed E-state index contributed by atoms with van der Waals surface area (Å²) in [5.41, 5.74) is 11.5. The largest absolute Gasteiger partial charge is 0.472 e. The lowest BCUT2D eigenvalue weighted by Crippen LogP contribution is -2.38. The van der Waals surface area contributed by atoms with Gasteiger partial charge in [0, 0.05) is 55.6 Å². The summed E-state index contributed by atoms with van der Waals surface area (Å²) in [5, 5.41) is 0. The summed E-state index contributed by atoms with van der Waals surface area (Å²) in [6, 6.07) is 82.6. The highest BCUT2D eigenvalue weighted by molar-refractivity contribution is 5.85. The van der Waals surface area contributed by atoms with Crippen molar-refractivity contribution in [1.29, 1.82) is 0 Å². The number of nitrogens with zero attached hydrogens (tertiary/aromatic N) is 6. The average molecular weight is 873 g/mol. The second-order valence-electron chi connectivity index (χ2n) is 16.6. The number of aromatic nitrogens is 6. The van der Waals surface area contributed by atoms with Gasteiger partial charge >= 0.3 is 0 Å². The van der Waals surface area contributed by atoms with Crippen molar-refractivity contribution in [3.8, 4) is 96.3 Å². The van der Waals surface area contributed by atoms with Gasteiger partial charge in [-0.3, -0.25) is 0 Å². The van der Waals surface area contributed by atoms with E-state index in [1.54, 1.807) is 0 Å². The molecule has 0 aliphatic carbocycles. The molecule has 1 aliphatic rings. The Bertz CT molecular complexity index is 3400. The fourth-order valence-corrected chi connectivity index (χ4v) is 9.07. The summed E-state index contributed by atoms with van der Waals surface area (Å²) in [6.45, 7) is 0. The molecule has 0 saturated carbocycles. The van der Waals surface area contributed by atoms with Crippen LogP contribution >= 0.6 is 0 Å². The van der Waals surface area contributed by atoms with E-state index in [1.165, 1.54) is 0 Å². The van der Waals surface area contributed by atoms with Gasteiger partial charge in [-0.2, -0.15) is 0 Å². The van der Waals surface area contributed by atoms with Gasteiger partial charge in [-0.1, -0.05) is 231 Å². The average Bonchev–Trinajstić information content (AvgIpc) is 3.43. The van der Waals surface area contributed by atoms with Crippen molar-refractivity contribution in [3.63, 3.8) is 0 Å². The number of rotatable bonds is 9. The highest BCUT2D eigenvalue weighted by Crippen LogP contribution is 2.53. The van der Waals surface area contributed by atoms with Crippen molar-refractivity contribution >= 4 is 0 Å². The van der Waals surface area contributed by atoms with Gasteiger partial charge in [0.05, 0.1) is 0 Å². The van der Waals surface area contributed by atoms with Crippen molar-refractivity contribution < 1.29 is 4.74 Å². The summed E-state index contributed by atoms with van der Waals surface area (Å²) in [7, 11) is 0. The summed E-state index contributed by atoms with van der Waals surface area (Å²) in [5.74, 6) is 4.41. The van der Waals surface area contributed by atoms with E-state index in [2.05, 4.69) is 109 Å². The molecule has 7 heteroatoms. The maximum atomic E-state index is 7.58. The number of hydrogen-bond acceptors (Lipinski definition) is 7. The van der Waals surface area contributed by atoms with Crippen LogP contribution in [0.3, 0.4) is 0 Å². The molecule has 0 atom stereocenters. The van der Waals surface area contributed by atoms with Gasteiger partial charge in [-0.15, -0.1) is 0 Å². The molecule has 0 radical (unpaired) electrons. The minimum atomic E-state index is -1.04. The molecule has 0 spiro atoms. The third-order valence-corrected chi connectivity index (χ3v) is 12.4. The zero-order chi connectivity index (χ0) is 45.3. The second-order valence-corrected chi connectivity index (χ2v) is 16.6. The van der Waals surface area contributed by atoms with Crippen LogP contribution in [0.5, 0.6) is 5.75 Å². The molecule has 7 nitrogen and oxygen atoms in total. The first-order valence-electron chi connectivity index (χ1n) is 22.6. The summed E-state index contributed by atoms with van der Waals surface area (Å²) in [6.07, 6.45) is 0. The zero-order valence-corrected chi connectivity index (χ0v) is 36.7. The smallest absolute Gasteiger partial charge is 0.185 e. The first-order chi connectivity index (χ1) is 33.7. The molecular formula is C61H40N6O. The van der Waals surface area contributed by atoms with Crippen molar-refractivity contribution in [2.45, 2.75) is 5.60 Å². The van der Waals surface area contributed by atoms with Crippen molar-refractivity contribution in [2.75, 3.05) is 0 Å². The van der Waals surface area contributed by atoms with E-state index in [4.69, 9.17) is 34.6 Å². The second kappa shape index (κ2) is 17.3. The van der Waals surface area contributed by atoms with Gasteiger partial charge in [0.2, 0.25) is 0 Å². The van der Waals surface area contributed by atoms with Crippen molar-refractivity contribution in [2.24, 2.45) is 0 Å². The molecule has 68 heavy (non-hydrogen) atoms. The predicted molar refractivity (Wildman–Crippen MR) is 270 cm³/mol. The summed E-state index contributed by atoms with van der Waals surface area (Å²) in [4.78, 5) is 30.0. The minimum absolute atomic E-state index is 0.574. The Morgan fingerprint density at radius 3 is 0.971 bits per heavy atom. The Hall–Kier alpha value is -9.20. The standard InChI is InChI=1S/C61H40N6O/c1-7-19-42(20-8-1)55-62-56(43-21-9-2-10-22-43)65-59(64-55)46-33-31-41(32-34-46)47-35-38-52-51-37-36-48(60-66-57(44-23-11-3-12-24-44)63-58(67-60)45-25-13-4-14-26-45)39-53(51)61(68-54(52)40-47,49-27-15-5-16-28-49)50-29-17-6-18-30-50/h1-40H. The van der Waals surface area contributed by atoms with E-state index in [0.29, 0.717) is 34.9 Å². The molecule has 1 aliphatic heterocycles. The molecule has 0 unspecified atom stereocenters. The maximum absolute atomic E-state index is 7.58. The Balaban J connectivity index is 0.984. The van der Waals surface area contributed by atoms with E-state index >= 15 is 0 Å². The van der Waals surface area contributed by atoms with Gasteiger partial charge in [0.1, 0.15) is 5.75 Å². The Kier molecular flexibility index (Phi) is 10.3. The van der Waals surface area contributed by atoms with E-state index in [0.717, 1.165) is 78.1 Å². The molecule has 2 aromatic heterocycles. The third kappa shape index (κ3) is 7.48. The monoisotopic (exact) mass is 872 g/mol. The van der Waals surface area contributed by atoms with Crippen LogP contribution in [0.1, 0.15) is 16.7 Å². The van der Waals surface area contributed by atoms with Crippen LogP contribution in [0.4, 0.5) is 0 Å². The Morgan fingerprint density at radius 1 is 0.250 bits per heavy atom. The molecule has 0 saturated heterocycles.